The van der Waals surface area contributed by atoms with Crippen LogP contribution >= 0.6 is 22.9 Å². The molecule has 0 radical (unpaired) electrons. The Morgan fingerprint density at radius 3 is 2.55 bits per heavy atom. The predicted molar refractivity (Wildman–Crippen MR) is 118 cm³/mol. The average Bonchev–Trinajstić information content (AvgIpc) is 3.17. The highest BCUT2D eigenvalue weighted by molar-refractivity contribution is 7.14. The molecule has 3 N–H and O–H groups in total. The summed E-state index contributed by atoms with van der Waals surface area (Å²) in [7, 11) is 0. The predicted octanol–water partition coefficient (Wildman–Crippen LogP) is 5.85. The van der Waals surface area contributed by atoms with Gasteiger partial charge in [0, 0.05) is 27.2 Å². The maximum Gasteiger partial charge on any atom is 0.325 e. The highest BCUT2D eigenvalue weighted by atomic mass is 35.5. The van der Waals surface area contributed by atoms with Crippen molar-refractivity contribution in [2.75, 3.05) is 16.0 Å². The number of hydrogen-bond donors (Lipinski definition) is 3. The van der Waals surface area contributed by atoms with Crippen LogP contribution < -0.4 is 16.0 Å². The topological polar surface area (TPSA) is 83.1 Å². The van der Waals surface area contributed by atoms with Crippen molar-refractivity contribution in [2.45, 2.75) is 0 Å². The van der Waals surface area contributed by atoms with Crippen molar-refractivity contribution in [3.8, 4) is 0 Å². The van der Waals surface area contributed by atoms with Crippen molar-refractivity contribution in [3.05, 3.63) is 82.8 Å². The second-order valence-electron chi connectivity index (χ2n) is 6.11. The van der Waals surface area contributed by atoms with Crippen molar-refractivity contribution < 1.29 is 9.59 Å². The molecule has 0 fully saturated rings. The molecule has 0 unspecified atom stereocenters. The van der Waals surface area contributed by atoms with Gasteiger partial charge in [0.15, 0.2) is 5.13 Å². The minimum Gasteiger partial charge on any atom is -0.320 e. The molecular formula is C21H15ClN4O2S. The molecule has 0 aliphatic heterocycles. The van der Waals surface area contributed by atoms with Gasteiger partial charge < -0.3 is 10.6 Å². The molecule has 1 aromatic heterocycles. The SMILES string of the molecule is O=C(Nc1cccc(Cl)c1)Nc1nc(C(=O)Nc2cccc3ccccc23)cs1. The zero-order valence-corrected chi connectivity index (χ0v) is 16.6. The van der Waals surface area contributed by atoms with Gasteiger partial charge in [0.25, 0.3) is 5.91 Å². The highest BCUT2D eigenvalue weighted by Crippen LogP contribution is 2.24. The Labute approximate surface area is 175 Å². The number of urea groups is 1. The minimum atomic E-state index is -0.470. The van der Waals surface area contributed by atoms with E-state index in [4.69, 9.17) is 11.6 Å². The Hall–Kier alpha value is -3.42. The zero-order chi connectivity index (χ0) is 20.2. The van der Waals surface area contributed by atoms with E-state index < -0.39 is 6.03 Å². The van der Waals surface area contributed by atoms with E-state index in [0.29, 0.717) is 21.5 Å². The van der Waals surface area contributed by atoms with Crippen molar-refractivity contribution in [2.24, 2.45) is 0 Å². The first-order valence-corrected chi connectivity index (χ1v) is 9.92. The molecule has 0 spiro atoms. The molecule has 4 aromatic rings. The highest BCUT2D eigenvalue weighted by Gasteiger charge is 2.14. The fourth-order valence-electron chi connectivity index (χ4n) is 2.78. The van der Waals surface area contributed by atoms with Crippen LogP contribution in [0.5, 0.6) is 0 Å². The first kappa shape index (κ1) is 18.9. The molecule has 6 nitrogen and oxygen atoms in total. The summed E-state index contributed by atoms with van der Waals surface area (Å²) in [5.74, 6) is -0.346. The van der Waals surface area contributed by atoms with Crippen LogP contribution in [0.4, 0.5) is 21.3 Å². The van der Waals surface area contributed by atoms with Crippen LogP contribution in [-0.4, -0.2) is 16.9 Å². The fraction of sp³-hybridized carbons (Fsp3) is 0. The molecule has 1 heterocycles. The summed E-state index contributed by atoms with van der Waals surface area (Å²) in [4.78, 5) is 28.9. The summed E-state index contributed by atoms with van der Waals surface area (Å²) in [6, 6.07) is 19.8. The molecule has 0 atom stereocenters. The van der Waals surface area contributed by atoms with E-state index in [2.05, 4.69) is 20.9 Å². The number of benzene rings is 3. The van der Waals surface area contributed by atoms with Gasteiger partial charge in [0.1, 0.15) is 5.69 Å². The van der Waals surface area contributed by atoms with E-state index in [1.54, 1.807) is 29.6 Å². The number of halogens is 1. The fourth-order valence-corrected chi connectivity index (χ4v) is 3.66. The average molecular weight is 423 g/mol. The van der Waals surface area contributed by atoms with Gasteiger partial charge in [-0.2, -0.15) is 0 Å². The van der Waals surface area contributed by atoms with Crippen LogP contribution in [0.25, 0.3) is 10.8 Å². The normalized spacial score (nSPS) is 10.5. The van der Waals surface area contributed by atoms with E-state index >= 15 is 0 Å². The molecule has 0 aliphatic carbocycles. The lowest BCUT2D eigenvalue weighted by molar-refractivity contribution is 0.102. The van der Waals surface area contributed by atoms with Crippen molar-refractivity contribution in [1.29, 1.82) is 0 Å². The second kappa shape index (κ2) is 8.30. The van der Waals surface area contributed by atoms with Crippen LogP contribution in [0.1, 0.15) is 10.5 Å². The molecule has 8 heteroatoms. The van der Waals surface area contributed by atoms with Gasteiger partial charge in [-0.05, 0) is 29.7 Å². The summed E-state index contributed by atoms with van der Waals surface area (Å²) in [5.41, 5.74) is 1.48. The van der Waals surface area contributed by atoms with E-state index in [0.717, 1.165) is 22.1 Å². The van der Waals surface area contributed by atoms with Crippen LogP contribution in [0, 0.1) is 0 Å². The number of hydrogen-bond acceptors (Lipinski definition) is 4. The van der Waals surface area contributed by atoms with Gasteiger partial charge in [-0.25, -0.2) is 9.78 Å². The Balaban J connectivity index is 1.43. The molecule has 3 aromatic carbocycles. The lowest BCUT2D eigenvalue weighted by atomic mass is 10.1. The standard InChI is InChI=1S/C21H15ClN4O2S/c22-14-7-4-8-15(11-14)23-20(28)26-21-25-18(12-29-21)19(27)24-17-10-3-6-13-5-1-2-9-16(13)17/h1-12H,(H,24,27)(H2,23,25,26,28). The molecule has 0 aliphatic rings. The Bertz CT molecular complexity index is 1200. The van der Waals surface area contributed by atoms with Crippen LogP contribution in [0.15, 0.2) is 72.1 Å². The molecule has 29 heavy (non-hydrogen) atoms. The number of anilines is 3. The van der Waals surface area contributed by atoms with E-state index in [9.17, 15) is 9.59 Å². The number of carbonyl (C=O) groups is 2. The quantitative estimate of drug-likeness (QED) is 0.386. The number of thiazole rings is 1. The lowest BCUT2D eigenvalue weighted by Crippen LogP contribution is -2.19. The third-order valence-electron chi connectivity index (χ3n) is 4.08. The number of rotatable bonds is 4. The van der Waals surface area contributed by atoms with E-state index in [1.807, 2.05) is 42.5 Å². The smallest absolute Gasteiger partial charge is 0.320 e. The van der Waals surface area contributed by atoms with E-state index in [1.165, 1.54) is 0 Å². The van der Waals surface area contributed by atoms with Crippen molar-refractivity contribution in [3.63, 3.8) is 0 Å². The summed E-state index contributed by atoms with van der Waals surface area (Å²) in [6.45, 7) is 0. The largest absolute Gasteiger partial charge is 0.325 e. The molecule has 144 valence electrons. The summed E-state index contributed by atoms with van der Waals surface area (Å²) >= 11 is 7.07. The third kappa shape index (κ3) is 4.53. The molecule has 4 rings (SSSR count). The maximum absolute atomic E-state index is 12.6. The first-order chi connectivity index (χ1) is 14.1. The number of nitrogens with zero attached hydrogens (tertiary/aromatic N) is 1. The van der Waals surface area contributed by atoms with Gasteiger partial charge >= 0.3 is 6.03 Å². The number of nitrogens with one attached hydrogen (secondary N) is 3. The maximum atomic E-state index is 12.6. The number of fused-ring (bicyclic) bond motifs is 1. The van der Waals surface area contributed by atoms with Crippen molar-refractivity contribution >= 4 is 62.2 Å². The first-order valence-electron chi connectivity index (χ1n) is 8.67. The lowest BCUT2D eigenvalue weighted by Gasteiger charge is -2.07. The van der Waals surface area contributed by atoms with Gasteiger partial charge in [-0.15, -0.1) is 11.3 Å². The van der Waals surface area contributed by atoms with Crippen LogP contribution in [-0.2, 0) is 0 Å². The summed E-state index contributed by atoms with van der Waals surface area (Å²) in [6.07, 6.45) is 0. The third-order valence-corrected chi connectivity index (χ3v) is 5.07. The molecule has 0 bridgehead atoms. The second-order valence-corrected chi connectivity index (χ2v) is 7.40. The molecule has 3 amide bonds. The van der Waals surface area contributed by atoms with Crippen LogP contribution in [0.2, 0.25) is 5.02 Å². The van der Waals surface area contributed by atoms with E-state index in [-0.39, 0.29) is 11.6 Å². The van der Waals surface area contributed by atoms with Crippen molar-refractivity contribution in [1.82, 2.24) is 4.98 Å². The molecular weight excluding hydrogens is 408 g/mol. The van der Waals surface area contributed by atoms with Gasteiger partial charge in [-0.3, -0.25) is 10.1 Å². The van der Waals surface area contributed by atoms with Crippen LogP contribution in [0.3, 0.4) is 0 Å². The minimum absolute atomic E-state index is 0.223. The zero-order valence-electron chi connectivity index (χ0n) is 15.0. The number of amides is 3. The Morgan fingerprint density at radius 1 is 0.897 bits per heavy atom. The molecule has 0 saturated heterocycles. The summed E-state index contributed by atoms with van der Waals surface area (Å²) < 4.78 is 0. The monoisotopic (exact) mass is 422 g/mol. The number of carbonyl (C=O) groups excluding carboxylic acids is 2. The Kier molecular flexibility index (Phi) is 5.41. The molecule has 0 saturated carbocycles. The van der Waals surface area contributed by atoms with Gasteiger partial charge in [0.05, 0.1) is 0 Å². The number of aromatic nitrogens is 1. The Morgan fingerprint density at radius 2 is 1.69 bits per heavy atom. The van der Waals surface area contributed by atoms with Gasteiger partial charge in [-0.1, -0.05) is 54.1 Å². The van der Waals surface area contributed by atoms with Gasteiger partial charge in [0.2, 0.25) is 0 Å². The summed E-state index contributed by atoms with van der Waals surface area (Å²) in [5, 5.41) is 12.5.